The molecule has 0 amide bonds. The van der Waals surface area contributed by atoms with Crippen molar-refractivity contribution in [1.82, 2.24) is 10.5 Å². The van der Waals surface area contributed by atoms with Crippen LogP contribution in [0.15, 0.2) is 105 Å². The molecule has 0 unspecified atom stereocenters. The van der Waals surface area contributed by atoms with Crippen molar-refractivity contribution in [2.45, 2.75) is 0 Å². The van der Waals surface area contributed by atoms with Crippen LogP contribution in [0.4, 0.5) is 5.88 Å². The second kappa shape index (κ2) is 6.93. The first kappa shape index (κ1) is 16.2. The summed E-state index contributed by atoms with van der Waals surface area (Å²) >= 11 is 0. The Hall–Kier alpha value is -4.04. The lowest BCUT2D eigenvalue weighted by Crippen LogP contribution is -2.47. The standard InChI is InChI=1S/C20H15N5O3/c1-3-8-15(9-4-1)27-19-21-17-14-24(18-12-7-13-26-18)23-25(17)20(22-19)28-16-10-5-2-6-11-16/h1-14,23H. The molecule has 3 aromatic rings. The molecule has 0 saturated carbocycles. The van der Waals surface area contributed by atoms with Crippen molar-refractivity contribution in [1.29, 1.82) is 0 Å². The quantitative estimate of drug-likeness (QED) is 0.757. The maximum Gasteiger partial charge on any atom is 0.328 e. The van der Waals surface area contributed by atoms with E-state index in [0.29, 0.717) is 23.2 Å². The van der Waals surface area contributed by atoms with E-state index in [1.807, 2.05) is 66.7 Å². The Morgan fingerprint density at radius 2 is 1.50 bits per heavy atom. The SMILES string of the molecule is C1=C2N=C(Oc3ccccc3)N=C(Oc3ccccc3)N2NN1c1ccco1. The van der Waals surface area contributed by atoms with Crippen LogP contribution < -0.4 is 20.0 Å². The molecule has 0 bridgehead atoms. The van der Waals surface area contributed by atoms with E-state index in [4.69, 9.17) is 13.9 Å². The van der Waals surface area contributed by atoms with Gasteiger partial charge in [0.05, 0.1) is 12.5 Å². The Kier molecular flexibility index (Phi) is 4.00. The lowest BCUT2D eigenvalue weighted by Gasteiger charge is -2.25. The normalized spacial score (nSPS) is 15.5. The van der Waals surface area contributed by atoms with Crippen molar-refractivity contribution in [3.05, 3.63) is 91.1 Å². The third kappa shape index (κ3) is 3.19. The Morgan fingerprint density at radius 3 is 2.18 bits per heavy atom. The predicted molar refractivity (Wildman–Crippen MR) is 103 cm³/mol. The number of fused-ring (bicyclic) bond motifs is 1. The topological polar surface area (TPSA) is 74.8 Å². The maximum atomic E-state index is 5.96. The number of para-hydroxylation sites is 2. The molecular weight excluding hydrogens is 358 g/mol. The van der Waals surface area contributed by atoms with Gasteiger partial charge < -0.3 is 13.9 Å². The molecule has 138 valence electrons. The van der Waals surface area contributed by atoms with Gasteiger partial charge in [-0.15, -0.1) is 10.5 Å². The summed E-state index contributed by atoms with van der Waals surface area (Å²) in [4.78, 5) is 8.88. The van der Waals surface area contributed by atoms with E-state index in [-0.39, 0.29) is 12.0 Å². The number of nitrogens with zero attached hydrogens (tertiary/aromatic N) is 4. The van der Waals surface area contributed by atoms with E-state index in [1.54, 1.807) is 28.5 Å². The molecule has 0 spiro atoms. The number of amidine groups is 2. The zero-order valence-electron chi connectivity index (χ0n) is 14.6. The Balaban J connectivity index is 1.47. The van der Waals surface area contributed by atoms with Crippen LogP contribution in [0, 0.1) is 0 Å². The summed E-state index contributed by atoms with van der Waals surface area (Å²) in [5.74, 6) is 2.41. The summed E-state index contributed by atoms with van der Waals surface area (Å²) in [5.41, 5.74) is 3.11. The van der Waals surface area contributed by atoms with Gasteiger partial charge in [-0.05, 0) is 30.3 Å². The van der Waals surface area contributed by atoms with Crippen LogP contribution in [0.3, 0.4) is 0 Å². The number of aliphatic imine (C=N–C) groups is 2. The summed E-state index contributed by atoms with van der Waals surface area (Å²) in [5, 5.41) is 3.28. The molecule has 3 heterocycles. The van der Waals surface area contributed by atoms with Gasteiger partial charge in [0.2, 0.25) is 5.88 Å². The monoisotopic (exact) mass is 373 g/mol. The number of rotatable bonds is 3. The highest BCUT2D eigenvalue weighted by Crippen LogP contribution is 2.25. The molecule has 0 radical (unpaired) electrons. The number of nitrogens with one attached hydrogen (secondary N) is 1. The average molecular weight is 373 g/mol. The minimum atomic E-state index is 0.169. The number of benzene rings is 2. The molecule has 8 nitrogen and oxygen atoms in total. The molecular formula is C20H15N5O3. The highest BCUT2D eigenvalue weighted by molar-refractivity contribution is 5.95. The van der Waals surface area contributed by atoms with Gasteiger partial charge in [-0.1, -0.05) is 36.4 Å². The number of furan rings is 1. The van der Waals surface area contributed by atoms with Gasteiger partial charge in [-0.2, -0.15) is 10.0 Å². The molecule has 0 saturated heterocycles. The minimum absolute atomic E-state index is 0.169. The van der Waals surface area contributed by atoms with Crippen molar-refractivity contribution in [2.24, 2.45) is 9.98 Å². The molecule has 28 heavy (non-hydrogen) atoms. The molecule has 5 rings (SSSR count). The fourth-order valence-corrected chi connectivity index (χ4v) is 2.66. The van der Waals surface area contributed by atoms with E-state index < -0.39 is 0 Å². The van der Waals surface area contributed by atoms with Crippen molar-refractivity contribution in [2.75, 3.05) is 5.01 Å². The van der Waals surface area contributed by atoms with Crippen LogP contribution in [-0.2, 0) is 0 Å². The zero-order chi connectivity index (χ0) is 18.8. The predicted octanol–water partition coefficient (Wildman–Crippen LogP) is 3.50. The molecule has 1 N–H and O–H groups in total. The second-order valence-electron chi connectivity index (χ2n) is 5.86. The lowest BCUT2D eigenvalue weighted by atomic mass is 10.3. The largest absolute Gasteiger partial charge is 0.447 e. The number of hydrazine groups is 2. The highest BCUT2D eigenvalue weighted by atomic mass is 16.5. The Labute approximate surface area is 160 Å². The first-order valence-electron chi connectivity index (χ1n) is 8.59. The summed E-state index contributed by atoms with van der Waals surface area (Å²) in [6, 6.07) is 22.8. The van der Waals surface area contributed by atoms with Crippen LogP contribution in [-0.4, -0.2) is 17.1 Å². The first-order valence-corrected chi connectivity index (χ1v) is 8.59. The van der Waals surface area contributed by atoms with E-state index >= 15 is 0 Å². The van der Waals surface area contributed by atoms with Crippen LogP contribution in [0.1, 0.15) is 0 Å². The summed E-state index contributed by atoms with van der Waals surface area (Å²) < 4.78 is 17.2. The molecule has 1 aromatic heterocycles. The number of hydrogen-bond acceptors (Lipinski definition) is 8. The van der Waals surface area contributed by atoms with Crippen molar-refractivity contribution >= 4 is 17.9 Å². The molecule has 2 aliphatic rings. The smallest absolute Gasteiger partial charge is 0.328 e. The van der Waals surface area contributed by atoms with Crippen LogP contribution in [0.5, 0.6) is 11.5 Å². The zero-order valence-corrected chi connectivity index (χ0v) is 14.6. The van der Waals surface area contributed by atoms with E-state index in [2.05, 4.69) is 15.5 Å². The first-order chi connectivity index (χ1) is 13.8. The fourth-order valence-electron chi connectivity index (χ4n) is 2.66. The molecule has 0 aliphatic carbocycles. The van der Waals surface area contributed by atoms with Crippen molar-refractivity contribution in [3.8, 4) is 11.5 Å². The fraction of sp³-hybridized carbons (Fsp3) is 0. The van der Waals surface area contributed by atoms with Crippen LogP contribution in [0.25, 0.3) is 0 Å². The van der Waals surface area contributed by atoms with E-state index in [9.17, 15) is 0 Å². The summed E-state index contributed by atoms with van der Waals surface area (Å²) in [7, 11) is 0. The highest BCUT2D eigenvalue weighted by Gasteiger charge is 2.33. The van der Waals surface area contributed by atoms with Gasteiger partial charge in [-0.25, -0.2) is 5.01 Å². The number of anilines is 1. The van der Waals surface area contributed by atoms with Crippen LogP contribution in [0.2, 0.25) is 0 Å². The number of ether oxygens (including phenoxy) is 2. The second-order valence-corrected chi connectivity index (χ2v) is 5.86. The summed E-state index contributed by atoms with van der Waals surface area (Å²) in [6.07, 6.45) is 3.35. The van der Waals surface area contributed by atoms with Gasteiger partial charge in [-0.3, -0.25) is 0 Å². The van der Waals surface area contributed by atoms with Gasteiger partial charge >= 0.3 is 12.0 Å². The molecule has 2 aliphatic heterocycles. The Morgan fingerprint density at radius 1 is 0.786 bits per heavy atom. The number of hydrogen-bond donors (Lipinski definition) is 1. The van der Waals surface area contributed by atoms with Gasteiger partial charge in [0.25, 0.3) is 0 Å². The van der Waals surface area contributed by atoms with Gasteiger partial charge in [0.15, 0.2) is 5.82 Å². The van der Waals surface area contributed by atoms with Gasteiger partial charge in [0.1, 0.15) is 11.5 Å². The summed E-state index contributed by atoms with van der Waals surface area (Å²) in [6.45, 7) is 0. The minimum Gasteiger partial charge on any atom is -0.447 e. The van der Waals surface area contributed by atoms with Crippen LogP contribution >= 0.6 is 0 Å². The molecule has 0 fully saturated rings. The average Bonchev–Trinajstić information content (AvgIpc) is 3.39. The molecule has 2 aromatic carbocycles. The third-order valence-electron chi connectivity index (χ3n) is 3.92. The third-order valence-corrected chi connectivity index (χ3v) is 3.92. The van der Waals surface area contributed by atoms with Crippen molar-refractivity contribution < 1.29 is 13.9 Å². The Bertz CT molecular complexity index is 1050. The van der Waals surface area contributed by atoms with Gasteiger partial charge in [0, 0.05) is 6.07 Å². The molecule has 8 heteroatoms. The van der Waals surface area contributed by atoms with E-state index in [1.165, 1.54) is 0 Å². The molecule has 0 atom stereocenters. The van der Waals surface area contributed by atoms with Crippen molar-refractivity contribution in [3.63, 3.8) is 0 Å². The maximum absolute atomic E-state index is 5.96. The van der Waals surface area contributed by atoms with E-state index in [0.717, 1.165) is 0 Å². The lowest BCUT2D eigenvalue weighted by molar-refractivity contribution is 0.320.